The lowest BCUT2D eigenvalue weighted by Gasteiger charge is -2.10. The van der Waals surface area contributed by atoms with Gasteiger partial charge in [0.15, 0.2) is 0 Å². The maximum atomic E-state index is 12.0. The van der Waals surface area contributed by atoms with Crippen molar-refractivity contribution in [2.75, 3.05) is 17.2 Å². The minimum atomic E-state index is -0.359. The first-order valence-electron chi connectivity index (χ1n) is 7.88. The summed E-state index contributed by atoms with van der Waals surface area (Å²) in [6.45, 7) is 6.41. The minimum absolute atomic E-state index is 0.236. The molecule has 0 unspecified atom stereocenters. The van der Waals surface area contributed by atoms with Crippen LogP contribution in [0.4, 0.5) is 11.4 Å². The summed E-state index contributed by atoms with van der Waals surface area (Å²) in [7, 11) is 0. The molecule has 24 heavy (non-hydrogen) atoms. The van der Waals surface area contributed by atoms with Gasteiger partial charge in [0, 0.05) is 11.4 Å². The van der Waals surface area contributed by atoms with Gasteiger partial charge in [-0.2, -0.15) is 0 Å². The molecule has 0 spiro atoms. The van der Waals surface area contributed by atoms with Crippen LogP contribution in [0.15, 0.2) is 42.5 Å². The summed E-state index contributed by atoms with van der Waals surface area (Å²) in [4.78, 5) is 24.0. The van der Waals surface area contributed by atoms with Crippen molar-refractivity contribution in [3.8, 4) is 5.75 Å². The molecule has 126 valence electrons. The number of amides is 2. The lowest BCUT2D eigenvalue weighted by molar-refractivity contribution is -0.123. The smallest absolute Gasteiger partial charge is 0.233 e. The molecular formula is C19H22N2O3. The average molecular weight is 326 g/mol. The van der Waals surface area contributed by atoms with Crippen LogP contribution in [-0.2, 0) is 9.59 Å². The zero-order valence-corrected chi connectivity index (χ0v) is 14.2. The van der Waals surface area contributed by atoms with E-state index in [9.17, 15) is 9.59 Å². The number of ether oxygens (including phenoxy) is 1. The third-order valence-electron chi connectivity index (χ3n) is 3.65. The Morgan fingerprint density at radius 3 is 2.29 bits per heavy atom. The fourth-order valence-corrected chi connectivity index (χ4v) is 2.23. The molecule has 0 atom stereocenters. The lowest BCUT2D eigenvalue weighted by Crippen LogP contribution is -2.21. The third kappa shape index (κ3) is 4.84. The van der Waals surface area contributed by atoms with E-state index in [-0.39, 0.29) is 18.2 Å². The fraction of sp³-hybridized carbons (Fsp3) is 0.263. The predicted octanol–water partition coefficient (Wildman–Crippen LogP) is 3.67. The van der Waals surface area contributed by atoms with Crippen LogP contribution in [0.25, 0.3) is 0 Å². The SMILES string of the molecule is CCOc1ccc(NC(=O)CC(=O)Nc2cccc(C)c2C)cc1. The fourth-order valence-electron chi connectivity index (χ4n) is 2.23. The van der Waals surface area contributed by atoms with E-state index in [4.69, 9.17) is 4.74 Å². The van der Waals surface area contributed by atoms with E-state index in [1.165, 1.54) is 0 Å². The first-order chi connectivity index (χ1) is 11.5. The molecule has 0 saturated carbocycles. The monoisotopic (exact) mass is 326 g/mol. The van der Waals surface area contributed by atoms with Gasteiger partial charge in [-0.05, 0) is 62.2 Å². The van der Waals surface area contributed by atoms with Crippen molar-refractivity contribution in [2.45, 2.75) is 27.2 Å². The maximum Gasteiger partial charge on any atom is 0.233 e. The quantitative estimate of drug-likeness (QED) is 0.796. The Morgan fingerprint density at radius 2 is 1.62 bits per heavy atom. The van der Waals surface area contributed by atoms with Gasteiger partial charge >= 0.3 is 0 Å². The maximum absolute atomic E-state index is 12.0. The van der Waals surface area contributed by atoms with Crippen LogP contribution in [0.1, 0.15) is 24.5 Å². The molecule has 0 aliphatic carbocycles. The first-order valence-corrected chi connectivity index (χ1v) is 7.88. The van der Waals surface area contributed by atoms with Gasteiger partial charge in [-0.1, -0.05) is 12.1 Å². The third-order valence-corrected chi connectivity index (χ3v) is 3.65. The van der Waals surface area contributed by atoms with Gasteiger partial charge in [-0.15, -0.1) is 0 Å². The van der Waals surface area contributed by atoms with Crippen molar-refractivity contribution in [1.82, 2.24) is 0 Å². The zero-order valence-electron chi connectivity index (χ0n) is 14.2. The number of hydrogen-bond acceptors (Lipinski definition) is 3. The molecule has 0 aromatic heterocycles. The largest absolute Gasteiger partial charge is 0.494 e. The van der Waals surface area contributed by atoms with Crippen LogP contribution in [0.3, 0.4) is 0 Å². The van der Waals surface area contributed by atoms with Gasteiger partial charge in [0.25, 0.3) is 0 Å². The van der Waals surface area contributed by atoms with Crippen LogP contribution in [-0.4, -0.2) is 18.4 Å². The molecule has 0 fully saturated rings. The Kier molecular flexibility index (Phi) is 5.95. The molecule has 2 N–H and O–H groups in total. The van der Waals surface area contributed by atoms with Crippen LogP contribution in [0, 0.1) is 13.8 Å². The lowest BCUT2D eigenvalue weighted by atomic mass is 10.1. The molecule has 2 aromatic carbocycles. The van der Waals surface area contributed by atoms with Gasteiger partial charge in [0.05, 0.1) is 6.61 Å². The number of aryl methyl sites for hydroxylation is 1. The molecule has 0 aliphatic heterocycles. The Hall–Kier alpha value is -2.82. The van der Waals surface area contributed by atoms with Crippen molar-refractivity contribution in [3.05, 3.63) is 53.6 Å². The van der Waals surface area contributed by atoms with Gasteiger partial charge in [-0.25, -0.2) is 0 Å². The van der Waals surface area contributed by atoms with Gasteiger partial charge in [-0.3, -0.25) is 9.59 Å². The Labute approximate surface area is 142 Å². The molecule has 2 rings (SSSR count). The predicted molar refractivity (Wildman–Crippen MR) is 95.4 cm³/mol. The molecular weight excluding hydrogens is 304 g/mol. The summed E-state index contributed by atoms with van der Waals surface area (Å²) in [5.74, 6) is 0.0391. The number of carbonyl (C=O) groups excluding carboxylic acids is 2. The molecule has 0 bridgehead atoms. The zero-order chi connectivity index (χ0) is 17.5. The molecule has 0 radical (unpaired) electrons. The molecule has 0 aliphatic rings. The standard InChI is InChI=1S/C19H22N2O3/c1-4-24-16-10-8-15(9-11-16)20-18(22)12-19(23)21-17-7-5-6-13(2)14(17)3/h5-11H,4,12H2,1-3H3,(H,20,22)(H,21,23). The van der Waals surface area contributed by atoms with Gasteiger partial charge in [0.1, 0.15) is 12.2 Å². The highest BCUT2D eigenvalue weighted by Gasteiger charge is 2.11. The van der Waals surface area contributed by atoms with Gasteiger partial charge in [0.2, 0.25) is 11.8 Å². The van der Waals surface area contributed by atoms with Crippen molar-refractivity contribution in [3.63, 3.8) is 0 Å². The molecule has 0 heterocycles. The summed E-state index contributed by atoms with van der Waals surface area (Å²) in [5.41, 5.74) is 3.45. The van der Waals surface area contributed by atoms with Crippen molar-refractivity contribution >= 4 is 23.2 Å². The molecule has 5 heteroatoms. The van der Waals surface area contributed by atoms with Crippen molar-refractivity contribution in [2.24, 2.45) is 0 Å². The minimum Gasteiger partial charge on any atom is -0.494 e. The number of benzene rings is 2. The number of carbonyl (C=O) groups is 2. The molecule has 2 aromatic rings. The van der Waals surface area contributed by atoms with Crippen LogP contribution in [0.5, 0.6) is 5.75 Å². The Balaban J connectivity index is 1.89. The van der Waals surface area contributed by atoms with Crippen molar-refractivity contribution in [1.29, 1.82) is 0 Å². The van der Waals surface area contributed by atoms with E-state index in [1.807, 2.05) is 39.0 Å². The van der Waals surface area contributed by atoms with Gasteiger partial charge < -0.3 is 15.4 Å². The van der Waals surface area contributed by atoms with E-state index in [0.29, 0.717) is 12.3 Å². The topological polar surface area (TPSA) is 67.4 Å². The van der Waals surface area contributed by atoms with Crippen molar-refractivity contribution < 1.29 is 14.3 Å². The summed E-state index contributed by atoms with van der Waals surface area (Å²) in [6.07, 6.45) is -0.236. The molecule has 2 amide bonds. The highest BCUT2D eigenvalue weighted by molar-refractivity contribution is 6.08. The number of hydrogen-bond donors (Lipinski definition) is 2. The second-order valence-electron chi connectivity index (χ2n) is 5.48. The first kappa shape index (κ1) is 17.5. The average Bonchev–Trinajstić information content (AvgIpc) is 2.54. The summed E-state index contributed by atoms with van der Waals surface area (Å²) in [5, 5.41) is 5.47. The molecule has 5 nitrogen and oxygen atoms in total. The number of nitrogens with one attached hydrogen (secondary N) is 2. The summed E-state index contributed by atoms with van der Waals surface area (Å²) < 4.78 is 5.34. The van der Waals surface area contributed by atoms with E-state index in [1.54, 1.807) is 24.3 Å². The van der Waals surface area contributed by atoms with E-state index in [2.05, 4.69) is 10.6 Å². The second kappa shape index (κ2) is 8.15. The highest BCUT2D eigenvalue weighted by atomic mass is 16.5. The summed E-state index contributed by atoms with van der Waals surface area (Å²) >= 11 is 0. The Bertz CT molecular complexity index is 724. The molecule has 0 saturated heterocycles. The summed E-state index contributed by atoms with van der Waals surface area (Å²) in [6, 6.07) is 12.7. The number of anilines is 2. The van der Waals surface area contributed by atoms with E-state index >= 15 is 0 Å². The van der Waals surface area contributed by atoms with Crippen LogP contribution < -0.4 is 15.4 Å². The van der Waals surface area contributed by atoms with E-state index in [0.717, 1.165) is 22.6 Å². The normalized spacial score (nSPS) is 10.1. The second-order valence-corrected chi connectivity index (χ2v) is 5.48. The van der Waals surface area contributed by atoms with Crippen LogP contribution in [0.2, 0.25) is 0 Å². The number of rotatable bonds is 6. The van der Waals surface area contributed by atoms with E-state index < -0.39 is 0 Å². The van der Waals surface area contributed by atoms with Crippen LogP contribution >= 0.6 is 0 Å². The highest BCUT2D eigenvalue weighted by Crippen LogP contribution is 2.18. The Morgan fingerprint density at radius 1 is 0.958 bits per heavy atom.